The summed E-state index contributed by atoms with van der Waals surface area (Å²) in [4.78, 5) is 11.9. The first kappa shape index (κ1) is 17.0. The summed E-state index contributed by atoms with van der Waals surface area (Å²) in [7, 11) is 2.11. The molecular formula is C23H23N5. The zero-order valence-corrected chi connectivity index (χ0v) is 16.0. The third kappa shape index (κ3) is 3.04. The maximum atomic E-state index is 5.80. The van der Waals surface area contributed by atoms with Gasteiger partial charge < -0.3 is 10.3 Å². The molecule has 0 amide bonds. The normalized spacial score (nSPS) is 14.3. The minimum absolute atomic E-state index is 0.753. The summed E-state index contributed by atoms with van der Waals surface area (Å²) < 4.78 is 2.21. The molecule has 0 aliphatic carbocycles. The number of benzene rings is 2. The van der Waals surface area contributed by atoms with Crippen LogP contribution in [-0.2, 0) is 26.6 Å². The highest BCUT2D eigenvalue weighted by atomic mass is 15.1. The van der Waals surface area contributed by atoms with Crippen molar-refractivity contribution in [3.63, 3.8) is 0 Å². The van der Waals surface area contributed by atoms with Crippen LogP contribution in [0.5, 0.6) is 0 Å². The van der Waals surface area contributed by atoms with Crippen molar-refractivity contribution in [2.45, 2.75) is 19.5 Å². The van der Waals surface area contributed by atoms with E-state index in [0.717, 1.165) is 48.8 Å². The highest BCUT2D eigenvalue weighted by Crippen LogP contribution is 2.26. The van der Waals surface area contributed by atoms with Crippen LogP contribution in [0, 0.1) is 0 Å². The molecule has 0 fully saturated rings. The Hall–Kier alpha value is -3.18. The molecule has 2 aromatic carbocycles. The zero-order chi connectivity index (χ0) is 19.1. The summed E-state index contributed by atoms with van der Waals surface area (Å²) >= 11 is 0. The highest BCUT2D eigenvalue weighted by Gasteiger charge is 2.20. The molecule has 0 radical (unpaired) electrons. The standard InChI is InChI=1S/C23H23N5/c1-27-13-18(20-4-2-3-5-22(20)27)14-28-11-10-17-12-25-23(26-21(17)15-28)16-6-8-19(24)9-7-16/h2-9,12-13H,10-11,14-15,24H2,1H3. The Morgan fingerprint density at radius 1 is 1.07 bits per heavy atom. The third-order valence-corrected chi connectivity index (χ3v) is 5.57. The Morgan fingerprint density at radius 2 is 1.89 bits per heavy atom. The number of fused-ring (bicyclic) bond motifs is 2. The smallest absolute Gasteiger partial charge is 0.159 e. The summed E-state index contributed by atoms with van der Waals surface area (Å²) in [6.45, 7) is 2.81. The Labute approximate surface area is 164 Å². The van der Waals surface area contributed by atoms with Crippen molar-refractivity contribution < 1.29 is 0 Å². The summed E-state index contributed by atoms with van der Waals surface area (Å²) in [5.74, 6) is 0.769. The summed E-state index contributed by atoms with van der Waals surface area (Å²) in [6.07, 6.45) is 5.23. The third-order valence-electron chi connectivity index (χ3n) is 5.57. The van der Waals surface area contributed by atoms with Gasteiger partial charge in [0.2, 0.25) is 0 Å². The topological polar surface area (TPSA) is 60.0 Å². The largest absolute Gasteiger partial charge is 0.399 e. The molecule has 2 N–H and O–H groups in total. The number of anilines is 1. The quantitative estimate of drug-likeness (QED) is 0.559. The molecule has 0 saturated carbocycles. The Balaban J connectivity index is 1.41. The van der Waals surface area contributed by atoms with E-state index in [9.17, 15) is 0 Å². The molecule has 0 bridgehead atoms. The minimum Gasteiger partial charge on any atom is -0.399 e. The van der Waals surface area contributed by atoms with Crippen molar-refractivity contribution in [3.05, 3.63) is 77.7 Å². The first-order valence-corrected chi connectivity index (χ1v) is 9.63. The monoisotopic (exact) mass is 369 g/mol. The second-order valence-corrected chi connectivity index (χ2v) is 7.53. The molecule has 0 atom stereocenters. The fourth-order valence-corrected chi connectivity index (χ4v) is 4.06. The van der Waals surface area contributed by atoms with Crippen LogP contribution in [0.15, 0.2) is 60.9 Å². The predicted octanol–water partition coefficient (Wildman–Crippen LogP) is 3.78. The van der Waals surface area contributed by atoms with Crippen molar-refractivity contribution in [2.75, 3.05) is 12.3 Å². The molecular weight excluding hydrogens is 346 g/mol. The summed E-state index contributed by atoms with van der Waals surface area (Å²) in [6, 6.07) is 16.3. The lowest BCUT2D eigenvalue weighted by Crippen LogP contribution is -2.31. The van der Waals surface area contributed by atoms with Gasteiger partial charge in [0.05, 0.1) is 5.69 Å². The van der Waals surface area contributed by atoms with Gasteiger partial charge in [-0.1, -0.05) is 18.2 Å². The van der Waals surface area contributed by atoms with E-state index in [-0.39, 0.29) is 0 Å². The van der Waals surface area contributed by atoms with Crippen molar-refractivity contribution in [2.24, 2.45) is 7.05 Å². The van der Waals surface area contributed by atoms with Crippen LogP contribution in [0.25, 0.3) is 22.3 Å². The van der Waals surface area contributed by atoms with Crippen molar-refractivity contribution >= 4 is 16.6 Å². The summed E-state index contributed by atoms with van der Waals surface area (Å²) in [5.41, 5.74) is 12.6. The summed E-state index contributed by atoms with van der Waals surface area (Å²) in [5, 5.41) is 1.33. The maximum Gasteiger partial charge on any atom is 0.159 e. The van der Waals surface area contributed by atoms with E-state index in [1.807, 2.05) is 30.5 Å². The van der Waals surface area contributed by atoms with Crippen LogP contribution in [0.1, 0.15) is 16.8 Å². The molecule has 28 heavy (non-hydrogen) atoms. The first-order valence-electron chi connectivity index (χ1n) is 9.63. The van der Waals surface area contributed by atoms with E-state index in [1.165, 1.54) is 22.0 Å². The predicted molar refractivity (Wildman–Crippen MR) is 113 cm³/mol. The fraction of sp³-hybridized carbons (Fsp3) is 0.217. The van der Waals surface area contributed by atoms with Crippen LogP contribution in [0.2, 0.25) is 0 Å². The Kier molecular flexibility index (Phi) is 4.10. The lowest BCUT2D eigenvalue weighted by molar-refractivity contribution is 0.242. The number of nitrogens with zero attached hydrogens (tertiary/aromatic N) is 4. The van der Waals surface area contributed by atoms with E-state index in [1.54, 1.807) is 0 Å². The lowest BCUT2D eigenvalue weighted by Gasteiger charge is -2.27. The van der Waals surface area contributed by atoms with E-state index < -0.39 is 0 Å². The van der Waals surface area contributed by atoms with Gasteiger partial charge in [-0.2, -0.15) is 0 Å². The number of rotatable bonds is 3. The Morgan fingerprint density at radius 3 is 2.75 bits per heavy atom. The average molecular weight is 369 g/mol. The van der Waals surface area contributed by atoms with Gasteiger partial charge in [-0.15, -0.1) is 0 Å². The van der Waals surface area contributed by atoms with Gasteiger partial charge in [-0.25, -0.2) is 9.97 Å². The van der Waals surface area contributed by atoms with Crippen LogP contribution in [0.3, 0.4) is 0 Å². The van der Waals surface area contributed by atoms with E-state index in [2.05, 4.69) is 52.0 Å². The second-order valence-electron chi connectivity index (χ2n) is 7.53. The van der Waals surface area contributed by atoms with Gasteiger partial charge in [-0.05, 0) is 47.9 Å². The number of nitrogens with two attached hydrogens (primary N) is 1. The molecule has 5 heteroatoms. The number of para-hydroxylation sites is 1. The van der Waals surface area contributed by atoms with Gasteiger partial charge in [0, 0.05) is 61.2 Å². The van der Waals surface area contributed by atoms with Crippen LogP contribution in [0.4, 0.5) is 5.69 Å². The average Bonchev–Trinajstić information content (AvgIpc) is 3.04. The lowest BCUT2D eigenvalue weighted by atomic mass is 10.1. The molecule has 0 unspecified atom stereocenters. The van der Waals surface area contributed by atoms with Crippen molar-refractivity contribution in [1.82, 2.24) is 19.4 Å². The van der Waals surface area contributed by atoms with Crippen molar-refractivity contribution in [3.8, 4) is 11.4 Å². The fourth-order valence-electron chi connectivity index (χ4n) is 4.06. The first-order chi connectivity index (χ1) is 13.7. The van der Waals surface area contributed by atoms with Crippen LogP contribution < -0.4 is 5.73 Å². The molecule has 0 spiro atoms. The van der Waals surface area contributed by atoms with E-state index >= 15 is 0 Å². The second kappa shape index (κ2) is 6.77. The molecule has 5 nitrogen and oxygen atoms in total. The highest BCUT2D eigenvalue weighted by molar-refractivity contribution is 5.83. The number of aromatic nitrogens is 3. The minimum atomic E-state index is 0.753. The van der Waals surface area contributed by atoms with Gasteiger partial charge in [0.25, 0.3) is 0 Å². The van der Waals surface area contributed by atoms with Gasteiger partial charge in [0.1, 0.15) is 0 Å². The van der Waals surface area contributed by atoms with E-state index in [4.69, 9.17) is 10.7 Å². The number of nitrogen functional groups attached to an aromatic ring is 1. The van der Waals surface area contributed by atoms with Gasteiger partial charge >= 0.3 is 0 Å². The van der Waals surface area contributed by atoms with Gasteiger partial charge in [0.15, 0.2) is 5.82 Å². The van der Waals surface area contributed by atoms with E-state index in [0.29, 0.717) is 0 Å². The molecule has 140 valence electrons. The maximum absolute atomic E-state index is 5.80. The molecule has 4 aromatic rings. The molecule has 2 aromatic heterocycles. The number of hydrogen-bond donors (Lipinski definition) is 1. The molecule has 3 heterocycles. The van der Waals surface area contributed by atoms with Crippen LogP contribution in [-0.4, -0.2) is 26.0 Å². The number of hydrogen-bond acceptors (Lipinski definition) is 4. The number of aryl methyl sites for hydroxylation is 1. The SMILES string of the molecule is Cn1cc(CN2CCc3cnc(-c4ccc(N)cc4)nc3C2)c2ccccc21. The Bertz CT molecular complexity index is 1140. The molecule has 5 rings (SSSR count). The molecule has 0 saturated heterocycles. The van der Waals surface area contributed by atoms with Crippen LogP contribution >= 0.6 is 0 Å². The zero-order valence-electron chi connectivity index (χ0n) is 16.0. The molecule has 1 aliphatic heterocycles. The van der Waals surface area contributed by atoms with Crippen molar-refractivity contribution in [1.29, 1.82) is 0 Å². The molecule has 1 aliphatic rings. The van der Waals surface area contributed by atoms with Gasteiger partial charge in [-0.3, -0.25) is 4.90 Å².